The van der Waals surface area contributed by atoms with Gasteiger partial charge in [0.15, 0.2) is 0 Å². The maximum atomic E-state index is 10.2. The molecule has 0 aliphatic heterocycles. The highest BCUT2D eigenvalue weighted by Gasteiger charge is 2.13. The quantitative estimate of drug-likeness (QED) is 0.294. The predicted molar refractivity (Wildman–Crippen MR) is 71.2 cm³/mol. The van der Waals surface area contributed by atoms with Crippen LogP contribution >= 0.6 is 0 Å². The maximum absolute atomic E-state index is 10.2. The van der Waals surface area contributed by atoms with E-state index in [1.165, 1.54) is 0 Å². The van der Waals surface area contributed by atoms with Crippen molar-refractivity contribution in [2.45, 2.75) is 12.8 Å². The third kappa shape index (κ3) is 13.3. The Morgan fingerprint density at radius 1 is 0.542 bits per heavy atom. The Hall–Kier alpha value is -3.70. The molecular formula is C12H12O12. The van der Waals surface area contributed by atoms with Gasteiger partial charge in [0.05, 0.1) is 24.0 Å². The Labute approximate surface area is 132 Å². The number of carboxylic acid groups (broad SMARTS) is 6. The van der Waals surface area contributed by atoms with Crippen molar-refractivity contribution in [1.82, 2.24) is 0 Å². The Morgan fingerprint density at radius 3 is 0.917 bits per heavy atom. The summed E-state index contributed by atoms with van der Waals surface area (Å²) in [5, 5.41) is 49.1. The van der Waals surface area contributed by atoms with Crippen molar-refractivity contribution in [3.63, 3.8) is 0 Å². The van der Waals surface area contributed by atoms with E-state index in [4.69, 9.17) is 30.6 Å². The van der Waals surface area contributed by atoms with Gasteiger partial charge in [0.1, 0.15) is 0 Å². The second kappa shape index (κ2) is 10.9. The minimum Gasteiger partial charge on any atom is -0.481 e. The lowest BCUT2D eigenvalue weighted by atomic mass is 10.2. The van der Waals surface area contributed by atoms with Gasteiger partial charge in [0.25, 0.3) is 0 Å². The highest BCUT2D eigenvalue weighted by atomic mass is 16.4. The van der Waals surface area contributed by atoms with Crippen LogP contribution in [0.2, 0.25) is 0 Å². The molecular weight excluding hydrogens is 336 g/mol. The van der Waals surface area contributed by atoms with Crippen molar-refractivity contribution in [1.29, 1.82) is 0 Å². The van der Waals surface area contributed by atoms with Crippen molar-refractivity contribution >= 4 is 35.8 Å². The van der Waals surface area contributed by atoms with E-state index in [2.05, 4.69) is 0 Å². The third-order valence-corrected chi connectivity index (χ3v) is 1.83. The number of carboxylic acids is 6. The molecule has 0 aliphatic carbocycles. The minimum absolute atomic E-state index is 0.358. The summed E-state index contributed by atoms with van der Waals surface area (Å²) in [6.45, 7) is 0. The standard InChI is InChI=1S/2C6H6O6/c2*7-4(8)1-3(6(11)12)2-5(9)10/h2*1H,2H2,(H,7,8)(H,9,10)(H,11,12)/b2*3-1-. The number of hydrogen-bond donors (Lipinski definition) is 6. The van der Waals surface area contributed by atoms with Crippen molar-refractivity contribution in [2.75, 3.05) is 0 Å². The van der Waals surface area contributed by atoms with Gasteiger partial charge in [-0.1, -0.05) is 0 Å². The molecule has 0 saturated heterocycles. The minimum atomic E-state index is -1.54. The summed E-state index contributed by atoms with van der Waals surface area (Å²) in [5.74, 6) is -8.81. The fourth-order valence-corrected chi connectivity index (χ4v) is 1.00. The summed E-state index contributed by atoms with van der Waals surface area (Å²) in [4.78, 5) is 60.3. The summed E-state index contributed by atoms with van der Waals surface area (Å²) in [6.07, 6.45) is -0.893. The highest BCUT2D eigenvalue weighted by molar-refractivity contribution is 5.98. The normalized spacial score (nSPS) is 10.8. The Bertz CT molecular complexity index is 556. The lowest BCUT2D eigenvalue weighted by molar-refractivity contribution is -0.140. The average molecular weight is 348 g/mol. The molecule has 0 aromatic heterocycles. The smallest absolute Gasteiger partial charge is 0.332 e. The fourth-order valence-electron chi connectivity index (χ4n) is 1.00. The molecule has 12 nitrogen and oxygen atoms in total. The molecule has 0 bridgehead atoms. The topological polar surface area (TPSA) is 224 Å². The van der Waals surface area contributed by atoms with E-state index in [9.17, 15) is 28.8 Å². The molecule has 6 N–H and O–H groups in total. The van der Waals surface area contributed by atoms with Gasteiger partial charge < -0.3 is 30.6 Å². The molecule has 0 radical (unpaired) electrons. The number of aliphatic carboxylic acids is 6. The molecule has 0 amide bonds. The molecule has 0 aromatic rings. The first-order valence-electron chi connectivity index (χ1n) is 5.64. The van der Waals surface area contributed by atoms with Crippen LogP contribution in [-0.4, -0.2) is 66.5 Å². The number of hydrogen-bond acceptors (Lipinski definition) is 6. The van der Waals surface area contributed by atoms with Crippen LogP contribution in [0.5, 0.6) is 0 Å². The molecule has 0 heterocycles. The zero-order valence-corrected chi connectivity index (χ0v) is 11.7. The van der Waals surface area contributed by atoms with Crippen LogP contribution < -0.4 is 0 Å². The molecule has 12 heteroatoms. The van der Waals surface area contributed by atoms with Gasteiger partial charge in [-0.3, -0.25) is 9.59 Å². The molecule has 0 fully saturated rings. The average Bonchev–Trinajstić information content (AvgIpc) is 2.35. The number of carbonyl (C=O) groups is 6. The SMILES string of the molecule is O=C(O)/C=C(/CC(=O)O)C(=O)O.O=C(O)/C=C(/CC(=O)O)C(=O)O. The van der Waals surface area contributed by atoms with E-state index in [-0.39, 0.29) is 0 Å². The van der Waals surface area contributed by atoms with Gasteiger partial charge in [-0.05, 0) is 0 Å². The molecule has 0 aromatic carbocycles. The number of rotatable bonds is 8. The zero-order valence-electron chi connectivity index (χ0n) is 11.7. The van der Waals surface area contributed by atoms with Crippen LogP contribution in [0.15, 0.2) is 23.3 Å². The van der Waals surface area contributed by atoms with Crippen molar-refractivity contribution in [2.24, 2.45) is 0 Å². The third-order valence-electron chi connectivity index (χ3n) is 1.83. The van der Waals surface area contributed by atoms with Crippen LogP contribution in [0, 0.1) is 0 Å². The Balaban J connectivity index is 0. The van der Waals surface area contributed by atoms with Gasteiger partial charge in [0.2, 0.25) is 0 Å². The zero-order chi connectivity index (χ0) is 19.4. The summed E-state index contributed by atoms with van der Waals surface area (Å²) in [5.41, 5.74) is -1.31. The van der Waals surface area contributed by atoms with E-state index in [1.807, 2.05) is 0 Å². The van der Waals surface area contributed by atoms with E-state index >= 15 is 0 Å². The Morgan fingerprint density at radius 2 is 0.792 bits per heavy atom. The summed E-state index contributed by atoms with van der Waals surface area (Å²) in [6, 6.07) is 0. The van der Waals surface area contributed by atoms with E-state index in [0.29, 0.717) is 12.2 Å². The van der Waals surface area contributed by atoms with Crippen LogP contribution in [0.1, 0.15) is 12.8 Å². The second-order valence-electron chi connectivity index (χ2n) is 3.77. The maximum Gasteiger partial charge on any atom is 0.332 e. The molecule has 0 rings (SSSR count). The van der Waals surface area contributed by atoms with Gasteiger partial charge >= 0.3 is 35.8 Å². The molecule has 0 saturated carbocycles. The summed E-state index contributed by atoms with van der Waals surface area (Å²) in [7, 11) is 0. The van der Waals surface area contributed by atoms with Gasteiger partial charge in [-0.25, -0.2) is 19.2 Å². The lowest BCUT2D eigenvalue weighted by Crippen LogP contribution is -2.08. The fraction of sp³-hybridized carbons (Fsp3) is 0.167. The first-order valence-corrected chi connectivity index (χ1v) is 5.64. The predicted octanol–water partition coefficient (Wildman–Crippen LogP) is -0.887. The largest absolute Gasteiger partial charge is 0.481 e. The van der Waals surface area contributed by atoms with E-state index < -0.39 is 59.8 Å². The van der Waals surface area contributed by atoms with Crippen LogP contribution in [-0.2, 0) is 28.8 Å². The van der Waals surface area contributed by atoms with E-state index in [1.54, 1.807) is 0 Å². The van der Waals surface area contributed by atoms with Crippen molar-refractivity contribution in [3.8, 4) is 0 Å². The van der Waals surface area contributed by atoms with Crippen LogP contribution in [0.4, 0.5) is 0 Å². The summed E-state index contributed by atoms with van der Waals surface area (Å²) < 4.78 is 0. The first-order chi connectivity index (χ1) is 10.9. The first kappa shape index (κ1) is 22.6. The lowest BCUT2D eigenvalue weighted by Gasteiger charge is -1.94. The molecule has 0 spiro atoms. The highest BCUT2D eigenvalue weighted by Crippen LogP contribution is 2.01. The van der Waals surface area contributed by atoms with Gasteiger partial charge in [-0.2, -0.15) is 0 Å². The van der Waals surface area contributed by atoms with Crippen LogP contribution in [0.25, 0.3) is 0 Å². The van der Waals surface area contributed by atoms with Crippen molar-refractivity contribution < 1.29 is 59.4 Å². The van der Waals surface area contributed by atoms with E-state index in [0.717, 1.165) is 0 Å². The second-order valence-corrected chi connectivity index (χ2v) is 3.77. The monoisotopic (exact) mass is 348 g/mol. The van der Waals surface area contributed by atoms with Crippen LogP contribution in [0.3, 0.4) is 0 Å². The molecule has 0 atom stereocenters. The summed E-state index contributed by atoms with van der Waals surface area (Å²) >= 11 is 0. The molecule has 0 aliphatic rings. The van der Waals surface area contributed by atoms with Gasteiger partial charge in [-0.15, -0.1) is 0 Å². The van der Waals surface area contributed by atoms with Gasteiger partial charge in [0, 0.05) is 12.2 Å². The molecule has 24 heavy (non-hydrogen) atoms. The Kier molecular flexibility index (Phi) is 10.3. The molecule has 0 unspecified atom stereocenters. The molecule has 132 valence electrons. The van der Waals surface area contributed by atoms with Crippen molar-refractivity contribution in [3.05, 3.63) is 23.3 Å².